The minimum Gasteiger partial charge on any atom is -0.353 e. The van der Waals surface area contributed by atoms with Crippen molar-refractivity contribution in [1.29, 1.82) is 0 Å². The Kier molecular flexibility index (Phi) is 5.89. The van der Waals surface area contributed by atoms with Gasteiger partial charge in [0.15, 0.2) is 0 Å². The molecule has 0 saturated heterocycles. The molecule has 1 heterocycles. The number of anilines is 2. The molecular formula is C19H19ClF3N3O. The van der Waals surface area contributed by atoms with Gasteiger partial charge in [-0.05, 0) is 37.1 Å². The molecule has 3 rings (SSSR count). The highest BCUT2D eigenvalue weighted by atomic mass is 35.5. The molecule has 2 aromatic rings. The Hall–Kier alpha value is -2.28. The largest absolute Gasteiger partial charge is 0.416 e. The summed E-state index contributed by atoms with van der Waals surface area (Å²) in [4.78, 5) is 16.4. The molecule has 0 radical (unpaired) electrons. The number of aromatic nitrogens is 1. The van der Waals surface area contributed by atoms with Gasteiger partial charge in [-0.15, -0.1) is 0 Å². The van der Waals surface area contributed by atoms with Crippen LogP contribution in [0, 0.1) is 0 Å². The molecule has 0 aliphatic heterocycles. The van der Waals surface area contributed by atoms with Gasteiger partial charge in [0, 0.05) is 12.2 Å². The van der Waals surface area contributed by atoms with Gasteiger partial charge < -0.3 is 10.6 Å². The van der Waals surface area contributed by atoms with Crippen LogP contribution in [-0.4, -0.2) is 16.9 Å². The van der Waals surface area contributed by atoms with Gasteiger partial charge in [-0.1, -0.05) is 30.9 Å². The van der Waals surface area contributed by atoms with Crippen LogP contribution >= 0.6 is 11.6 Å². The number of alkyl halides is 3. The fourth-order valence-corrected chi connectivity index (χ4v) is 3.27. The number of pyridine rings is 1. The molecule has 0 spiro atoms. The molecule has 4 nitrogen and oxygen atoms in total. The zero-order chi connectivity index (χ0) is 19.4. The first-order chi connectivity index (χ1) is 12.8. The minimum atomic E-state index is -4.47. The van der Waals surface area contributed by atoms with Crippen LogP contribution in [0.15, 0.2) is 36.7 Å². The number of nitrogens with zero attached hydrogens (tertiary/aromatic N) is 1. The average molecular weight is 398 g/mol. The van der Waals surface area contributed by atoms with Crippen LogP contribution < -0.4 is 10.6 Å². The number of carbonyl (C=O) groups excluding carboxylic acids is 1. The van der Waals surface area contributed by atoms with Crippen LogP contribution in [-0.2, 0) is 6.18 Å². The van der Waals surface area contributed by atoms with Crippen LogP contribution in [0.5, 0.6) is 0 Å². The molecule has 144 valence electrons. The molecular weight excluding hydrogens is 379 g/mol. The molecule has 1 aliphatic rings. The Labute approximate surface area is 160 Å². The maximum absolute atomic E-state index is 12.9. The Morgan fingerprint density at radius 3 is 2.56 bits per heavy atom. The molecule has 1 aromatic carbocycles. The Morgan fingerprint density at radius 1 is 1.11 bits per heavy atom. The lowest BCUT2D eigenvalue weighted by Crippen LogP contribution is -2.36. The third-order valence-corrected chi connectivity index (χ3v) is 4.84. The highest BCUT2D eigenvalue weighted by Gasteiger charge is 2.31. The number of benzene rings is 1. The fraction of sp³-hybridized carbons (Fsp3) is 0.368. The van der Waals surface area contributed by atoms with Crippen molar-refractivity contribution in [3.8, 4) is 0 Å². The van der Waals surface area contributed by atoms with Gasteiger partial charge in [0.05, 0.1) is 33.7 Å². The second-order valence-electron chi connectivity index (χ2n) is 6.59. The van der Waals surface area contributed by atoms with E-state index in [-0.39, 0.29) is 22.7 Å². The highest BCUT2D eigenvalue weighted by Crippen LogP contribution is 2.35. The fourth-order valence-electron chi connectivity index (χ4n) is 3.10. The van der Waals surface area contributed by atoms with Gasteiger partial charge in [0.1, 0.15) is 0 Å². The summed E-state index contributed by atoms with van der Waals surface area (Å²) < 4.78 is 38.7. The lowest BCUT2D eigenvalue weighted by Gasteiger charge is -2.22. The van der Waals surface area contributed by atoms with E-state index >= 15 is 0 Å². The first-order valence-electron chi connectivity index (χ1n) is 8.72. The van der Waals surface area contributed by atoms with Crippen molar-refractivity contribution in [2.75, 3.05) is 5.32 Å². The summed E-state index contributed by atoms with van der Waals surface area (Å²) in [6.07, 6.45) is 3.67. The third-order valence-electron chi connectivity index (χ3n) is 4.51. The van der Waals surface area contributed by atoms with Crippen molar-refractivity contribution in [1.82, 2.24) is 10.3 Å². The normalized spacial score (nSPS) is 15.4. The number of hydrogen-bond donors (Lipinski definition) is 2. The van der Waals surface area contributed by atoms with Crippen molar-refractivity contribution < 1.29 is 18.0 Å². The van der Waals surface area contributed by atoms with Gasteiger partial charge in [-0.2, -0.15) is 13.2 Å². The van der Waals surface area contributed by atoms with E-state index in [0.29, 0.717) is 11.3 Å². The van der Waals surface area contributed by atoms with E-state index in [4.69, 9.17) is 11.6 Å². The SMILES string of the molecule is O=C(NC1CCCCC1)c1cncc(Nc2cc(C(F)(F)F)ccc2Cl)c1. The number of rotatable bonds is 4. The summed E-state index contributed by atoms with van der Waals surface area (Å²) >= 11 is 6.00. The molecule has 27 heavy (non-hydrogen) atoms. The van der Waals surface area contributed by atoms with Gasteiger partial charge in [0.25, 0.3) is 5.91 Å². The maximum atomic E-state index is 12.9. The molecule has 2 N–H and O–H groups in total. The predicted octanol–water partition coefficient (Wildman–Crippen LogP) is 5.56. The molecule has 1 amide bonds. The molecule has 1 saturated carbocycles. The predicted molar refractivity (Wildman–Crippen MR) is 98.3 cm³/mol. The summed E-state index contributed by atoms with van der Waals surface area (Å²) in [5.74, 6) is -0.242. The summed E-state index contributed by atoms with van der Waals surface area (Å²) in [5.41, 5.74) is 0.00729. The lowest BCUT2D eigenvalue weighted by molar-refractivity contribution is -0.137. The van der Waals surface area contributed by atoms with Crippen LogP contribution in [0.1, 0.15) is 48.0 Å². The van der Waals surface area contributed by atoms with Gasteiger partial charge >= 0.3 is 6.18 Å². The van der Waals surface area contributed by atoms with Crippen molar-refractivity contribution >= 4 is 28.9 Å². The third kappa shape index (κ3) is 5.13. The van der Waals surface area contributed by atoms with Crippen molar-refractivity contribution in [2.45, 2.75) is 44.3 Å². The standard InChI is InChI=1S/C19H19ClF3N3O/c20-16-7-6-13(19(21,22)23)9-17(16)25-15-8-12(10-24-11-15)18(27)26-14-4-2-1-3-5-14/h6-11,14,25H,1-5H2,(H,26,27). The highest BCUT2D eigenvalue weighted by molar-refractivity contribution is 6.33. The van der Waals surface area contributed by atoms with E-state index in [1.165, 1.54) is 24.9 Å². The van der Waals surface area contributed by atoms with Crippen molar-refractivity contribution in [3.05, 3.63) is 52.8 Å². The monoisotopic (exact) mass is 397 g/mol. The van der Waals surface area contributed by atoms with Crippen LogP contribution in [0.4, 0.5) is 24.5 Å². The van der Waals surface area contributed by atoms with Crippen LogP contribution in [0.25, 0.3) is 0 Å². The number of nitrogens with one attached hydrogen (secondary N) is 2. The van der Waals surface area contributed by atoms with Gasteiger partial charge in [-0.3, -0.25) is 9.78 Å². The number of hydrogen-bond acceptors (Lipinski definition) is 3. The first-order valence-corrected chi connectivity index (χ1v) is 9.10. The maximum Gasteiger partial charge on any atom is 0.416 e. The smallest absolute Gasteiger partial charge is 0.353 e. The number of carbonyl (C=O) groups is 1. The Bertz CT molecular complexity index is 820. The molecule has 1 fully saturated rings. The summed E-state index contributed by atoms with van der Waals surface area (Å²) in [7, 11) is 0. The van der Waals surface area contributed by atoms with E-state index < -0.39 is 11.7 Å². The van der Waals surface area contributed by atoms with E-state index in [2.05, 4.69) is 15.6 Å². The average Bonchev–Trinajstić information content (AvgIpc) is 2.64. The minimum absolute atomic E-state index is 0.0955. The van der Waals surface area contributed by atoms with Crippen molar-refractivity contribution in [3.63, 3.8) is 0 Å². The number of amides is 1. The van der Waals surface area contributed by atoms with E-state index in [9.17, 15) is 18.0 Å². The lowest BCUT2D eigenvalue weighted by atomic mass is 9.95. The Morgan fingerprint density at radius 2 is 1.85 bits per heavy atom. The van der Waals surface area contributed by atoms with E-state index in [1.807, 2.05) is 0 Å². The first kappa shape index (κ1) is 19.5. The summed E-state index contributed by atoms with van der Waals surface area (Å²) in [6.45, 7) is 0. The second kappa shape index (κ2) is 8.17. The van der Waals surface area contributed by atoms with Crippen LogP contribution in [0.2, 0.25) is 5.02 Å². The quantitative estimate of drug-likeness (QED) is 0.710. The molecule has 1 aromatic heterocycles. The van der Waals surface area contributed by atoms with Gasteiger partial charge in [-0.25, -0.2) is 0 Å². The molecule has 0 bridgehead atoms. The molecule has 0 atom stereocenters. The molecule has 8 heteroatoms. The summed E-state index contributed by atoms with van der Waals surface area (Å²) in [5, 5.41) is 5.93. The molecule has 0 unspecified atom stereocenters. The van der Waals surface area contributed by atoms with Crippen LogP contribution in [0.3, 0.4) is 0 Å². The Balaban J connectivity index is 1.75. The summed E-state index contributed by atoms with van der Waals surface area (Å²) in [6, 6.07) is 4.72. The second-order valence-corrected chi connectivity index (χ2v) is 7.00. The van der Waals surface area contributed by atoms with Gasteiger partial charge in [0.2, 0.25) is 0 Å². The van der Waals surface area contributed by atoms with E-state index in [0.717, 1.165) is 37.8 Å². The molecule has 1 aliphatic carbocycles. The zero-order valence-electron chi connectivity index (χ0n) is 14.4. The topological polar surface area (TPSA) is 54.0 Å². The number of halogens is 4. The zero-order valence-corrected chi connectivity index (χ0v) is 15.2. The van der Waals surface area contributed by atoms with Crippen molar-refractivity contribution in [2.24, 2.45) is 0 Å². The van der Waals surface area contributed by atoms with E-state index in [1.54, 1.807) is 6.07 Å².